The third kappa shape index (κ3) is 1.48. The molecular formula is C8H11OP. The van der Waals surface area contributed by atoms with Gasteiger partial charge in [0.2, 0.25) is 0 Å². The zero-order valence-electron chi connectivity index (χ0n) is 6.22. The molecule has 0 fully saturated rings. The summed E-state index contributed by atoms with van der Waals surface area (Å²) in [7, 11) is 2.24. The minimum atomic E-state index is 0.926. The molecule has 0 aliphatic carbocycles. The average molecular weight is 154 g/mol. The Morgan fingerprint density at radius 3 is 2.50 bits per heavy atom. The number of rotatable bonds is 1. The first-order chi connectivity index (χ1) is 4.74. The minimum absolute atomic E-state index is 0.926. The summed E-state index contributed by atoms with van der Waals surface area (Å²) in [5, 5.41) is 0. The molecule has 0 aromatic heterocycles. The van der Waals surface area contributed by atoms with Gasteiger partial charge in [-0.2, -0.15) is 0 Å². The van der Waals surface area contributed by atoms with Crippen molar-refractivity contribution in [2.45, 2.75) is 13.8 Å². The first kappa shape index (κ1) is 7.56. The van der Waals surface area contributed by atoms with Crippen LogP contribution in [0.5, 0.6) is 5.75 Å². The molecule has 0 saturated carbocycles. The monoisotopic (exact) mass is 154 g/mol. The molecule has 0 radical (unpaired) electrons. The third-order valence-electron chi connectivity index (χ3n) is 1.46. The van der Waals surface area contributed by atoms with Crippen molar-refractivity contribution in [3.8, 4) is 5.75 Å². The highest BCUT2D eigenvalue weighted by atomic mass is 31.0. The fourth-order valence-corrected chi connectivity index (χ4v) is 1.20. The second-order valence-electron chi connectivity index (χ2n) is 2.39. The molecule has 54 valence electrons. The summed E-state index contributed by atoms with van der Waals surface area (Å²) in [5.41, 5.74) is 2.44. The molecule has 0 bridgehead atoms. The number of aryl methyl sites for hydroxylation is 2. The number of hydrogen-bond acceptors (Lipinski definition) is 1. The fourth-order valence-electron chi connectivity index (χ4n) is 0.932. The first-order valence-corrected chi connectivity index (χ1v) is 3.65. The van der Waals surface area contributed by atoms with E-state index in [1.54, 1.807) is 0 Å². The topological polar surface area (TPSA) is 9.23 Å². The van der Waals surface area contributed by atoms with E-state index in [0.29, 0.717) is 0 Å². The molecule has 1 rings (SSSR count). The van der Waals surface area contributed by atoms with Gasteiger partial charge in [-0.3, -0.25) is 0 Å². The predicted octanol–water partition coefficient (Wildman–Crippen LogP) is 2.47. The molecule has 1 unspecified atom stereocenters. The molecule has 10 heavy (non-hydrogen) atoms. The predicted molar refractivity (Wildman–Crippen MR) is 46.3 cm³/mol. The van der Waals surface area contributed by atoms with Gasteiger partial charge in [0.25, 0.3) is 0 Å². The van der Waals surface area contributed by atoms with Crippen molar-refractivity contribution in [2.75, 3.05) is 0 Å². The zero-order valence-corrected chi connectivity index (χ0v) is 7.37. The Morgan fingerprint density at radius 2 is 2.00 bits per heavy atom. The zero-order chi connectivity index (χ0) is 7.56. The standard InChI is InChI=1S/C8H11OP/c1-6-3-4-8(9-10)7(2)5-6/h3-5H,10H2,1-2H3. The highest BCUT2D eigenvalue weighted by Gasteiger charge is 1.94. The Bertz CT molecular complexity index is 233. The second-order valence-corrected chi connectivity index (χ2v) is 2.62. The van der Waals surface area contributed by atoms with Crippen molar-refractivity contribution in [2.24, 2.45) is 0 Å². The van der Waals surface area contributed by atoms with Crippen molar-refractivity contribution in [1.29, 1.82) is 0 Å². The van der Waals surface area contributed by atoms with Crippen LogP contribution in [0.1, 0.15) is 11.1 Å². The molecule has 0 N–H and O–H groups in total. The number of benzene rings is 1. The molecule has 1 aromatic rings. The molecule has 0 spiro atoms. The Labute approximate surface area is 63.7 Å². The third-order valence-corrected chi connectivity index (χ3v) is 1.71. The van der Waals surface area contributed by atoms with E-state index < -0.39 is 0 Å². The highest BCUT2D eigenvalue weighted by molar-refractivity contribution is 7.10. The molecule has 0 heterocycles. The summed E-state index contributed by atoms with van der Waals surface area (Å²) in [6.07, 6.45) is 0. The van der Waals surface area contributed by atoms with Crippen LogP contribution in [0.4, 0.5) is 0 Å². The van der Waals surface area contributed by atoms with Gasteiger partial charge in [0.15, 0.2) is 0 Å². The summed E-state index contributed by atoms with van der Waals surface area (Å²) < 4.78 is 5.02. The van der Waals surface area contributed by atoms with Crippen LogP contribution in [-0.2, 0) is 0 Å². The van der Waals surface area contributed by atoms with Crippen LogP contribution in [-0.4, -0.2) is 0 Å². The van der Waals surface area contributed by atoms with Gasteiger partial charge in [-0.25, -0.2) is 0 Å². The van der Waals surface area contributed by atoms with E-state index in [0.717, 1.165) is 5.75 Å². The summed E-state index contributed by atoms with van der Waals surface area (Å²) >= 11 is 0. The van der Waals surface area contributed by atoms with Crippen LogP contribution in [0.3, 0.4) is 0 Å². The molecule has 0 aliphatic rings. The van der Waals surface area contributed by atoms with Gasteiger partial charge in [-0.05, 0) is 25.5 Å². The first-order valence-electron chi connectivity index (χ1n) is 3.18. The average Bonchev–Trinajstić information content (AvgIpc) is 1.88. The lowest BCUT2D eigenvalue weighted by atomic mass is 10.1. The summed E-state index contributed by atoms with van der Waals surface area (Å²) in [6, 6.07) is 6.10. The largest absolute Gasteiger partial charge is 0.480 e. The Hall–Kier alpha value is -0.550. The van der Waals surface area contributed by atoms with Gasteiger partial charge in [0.1, 0.15) is 5.75 Å². The highest BCUT2D eigenvalue weighted by Crippen LogP contribution is 2.19. The SMILES string of the molecule is Cc1ccc(OP)c(C)c1. The Kier molecular flexibility index (Phi) is 2.29. The molecule has 1 aromatic carbocycles. The fraction of sp³-hybridized carbons (Fsp3) is 0.250. The smallest absolute Gasteiger partial charge is 0.125 e. The maximum Gasteiger partial charge on any atom is 0.125 e. The summed E-state index contributed by atoms with van der Waals surface area (Å²) in [6.45, 7) is 4.10. The van der Waals surface area contributed by atoms with Crippen LogP contribution < -0.4 is 4.52 Å². The van der Waals surface area contributed by atoms with E-state index in [9.17, 15) is 0 Å². The second kappa shape index (κ2) is 3.03. The van der Waals surface area contributed by atoms with Gasteiger partial charge < -0.3 is 4.52 Å². The van der Waals surface area contributed by atoms with E-state index in [2.05, 4.69) is 22.5 Å². The minimum Gasteiger partial charge on any atom is -0.480 e. The Morgan fingerprint density at radius 1 is 1.30 bits per heavy atom. The van der Waals surface area contributed by atoms with Gasteiger partial charge in [-0.1, -0.05) is 17.7 Å². The lowest BCUT2D eigenvalue weighted by Crippen LogP contribution is -1.80. The van der Waals surface area contributed by atoms with E-state index in [-0.39, 0.29) is 0 Å². The lowest BCUT2D eigenvalue weighted by molar-refractivity contribution is 0.639. The van der Waals surface area contributed by atoms with Gasteiger partial charge >= 0.3 is 0 Å². The van der Waals surface area contributed by atoms with Crippen molar-refractivity contribution >= 4 is 9.47 Å². The van der Waals surface area contributed by atoms with Gasteiger partial charge in [-0.15, -0.1) is 0 Å². The van der Waals surface area contributed by atoms with Crippen LogP contribution in [0.15, 0.2) is 18.2 Å². The van der Waals surface area contributed by atoms with Crippen molar-refractivity contribution in [3.05, 3.63) is 29.3 Å². The molecule has 0 saturated heterocycles. The van der Waals surface area contributed by atoms with Crippen LogP contribution in [0.2, 0.25) is 0 Å². The van der Waals surface area contributed by atoms with Crippen molar-refractivity contribution < 1.29 is 4.52 Å². The van der Waals surface area contributed by atoms with Crippen LogP contribution >= 0.6 is 9.47 Å². The lowest BCUT2D eigenvalue weighted by Gasteiger charge is -2.03. The van der Waals surface area contributed by atoms with Crippen LogP contribution in [0.25, 0.3) is 0 Å². The van der Waals surface area contributed by atoms with E-state index >= 15 is 0 Å². The van der Waals surface area contributed by atoms with E-state index in [1.165, 1.54) is 11.1 Å². The van der Waals surface area contributed by atoms with E-state index in [4.69, 9.17) is 4.52 Å². The summed E-state index contributed by atoms with van der Waals surface area (Å²) in [4.78, 5) is 0. The normalized spacial score (nSPS) is 9.50. The number of hydrogen-bond donors (Lipinski definition) is 0. The van der Waals surface area contributed by atoms with Gasteiger partial charge in [0, 0.05) is 0 Å². The summed E-state index contributed by atoms with van der Waals surface area (Å²) in [5.74, 6) is 0.926. The maximum absolute atomic E-state index is 5.02. The molecule has 2 heteroatoms. The maximum atomic E-state index is 5.02. The molecule has 1 atom stereocenters. The quantitative estimate of drug-likeness (QED) is 0.564. The molecule has 0 amide bonds. The van der Waals surface area contributed by atoms with Crippen LogP contribution in [0, 0.1) is 13.8 Å². The van der Waals surface area contributed by atoms with Crippen molar-refractivity contribution in [3.63, 3.8) is 0 Å². The van der Waals surface area contributed by atoms with Gasteiger partial charge in [0.05, 0.1) is 9.47 Å². The van der Waals surface area contributed by atoms with E-state index in [1.807, 2.05) is 19.1 Å². The van der Waals surface area contributed by atoms with Crippen molar-refractivity contribution in [1.82, 2.24) is 0 Å². The Balaban J connectivity index is 3.07. The molecule has 0 aliphatic heterocycles. The molecular weight excluding hydrogens is 143 g/mol. The molecule has 1 nitrogen and oxygen atoms in total.